The molecule has 0 heterocycles. The lowest BCUT2D eigenvalue weighted by Crippen LogP contribution is -2.45. The summed E-state index contributed by atoms with van der Waals surface area (Å²) in [6.07, 6.45) is 1.31. The van der Waals surface area contributed by atoms with E-state index in [4.69, 9.17) is 0 Å². The van der Waals surface area contributed by atoms with Crippen LogP contribution in [-0.4, -0.2) is 23.2 Å². The molecule has 0 radical (unpaired) electrons. The average Bonchev–Trinajstić information content (AvgIpc) is 2.45. The molecule has 0 fully saturated rings. The molecule has 2 N–H and O–H groups in total. The van der Waals surface area contributed by atoms with Crippen molar-refractivity contribution < 1.29 is 18.7 Å². The van der Waals surface area contributed by atoms with Crippen LogP contribution in [0.2, 0.25) is 0 Å². The summed E-state index contributed by atoms with van der Waals surface area (Å²) in [4.78, 5) is 11.7. The first-order chi connectivity index (χ1) is 9.76. The van der Waals surface area contributed by atoms with Crippen molar-refractivity contribution in [3.05, 3.63) is 35.4 Å². The summed E-state index contributed by atoms with van der Waals surface area (Å²) >= 11 is 0. The highest BCUT2D eigenvalue weighted by molar-refractivity contribution is 5.76. The zero-order valence-electron chi connectivity index (χ0n) is 12.7. The van der Waals surface area contributed by atoms with Crippen LogP contribution in [-0.2, 0) is 11.2 Å². The van der Waals surface area contributed by atoms with Crippen LogP contribution in [0.5, 0.6) is 0 Å². The van der Waals surface area contributed by atoms with Gasteiger partial charge in [-0.25, -0.2) is 8.78 Å². The quantitative estimate of drug-likeness (QED) is 0.813. The van der Waals surface area contributed by atoms with Crippen molar-refractivity contribution in [1.82, 2.24) is 5.32 Å². The van der Waals surface area contributed by atoms with Gasteiger partial charge in [-0.2, -0.15) is 0 Å². The van der Waals surface area contributed by atoms with Gasteiger partial charge in [-0.15, -0.1) is 0 Å². The first kappa shape index (κ1) is 17.6. The summed E-state index contributed by atoms with van der Waals surface area (Å²) in [6.45, 7) is 5.77. The normalized spacial score (nSPS) is 15.3. The van der Waals surface area contributed by atoms with Crippen LogP contribution in [0, 0.1) is 17.6 Å². The number of amides is 1. The molecular weight excluding hydrogens is 276 g/mol. The van der Waals surface area contributed by atoms with Gasteiger partial charge in [-0.1, -0.05) is 26.3 Å². The number of aryl methyl sites for hydroxylation is 1. The lowest BCUT2D eigenvalue weighted by molar-refractivity contribution is -0.122. The van der Waals surface area contributed by atoms with Gasteiger partial charge < -0.3 is 10.4 Å². The zero-order valence-corrected chi connectivity index (χ0v) is 12.7. The molecule has 0 aliphatic carbocycles. The summed E-state index contributed by atoms with van der Waals surface area (Å²) in [7, 11) is 0. The molecule has 1 aromatic carbocycles. The molecule has 1 amide bonds. The van der Waals surface area contributed by atoms with E-state index in [2.05, 4.69) is 5.32 Å². The number of carbonyl (C=O) groups is 1. The highest BCUT2D eigenvalue weighted by Gasteiger charge is 2.27. The molecule has 0 bridgehead atoms. The Balaban J connectivity index is 2.42. The number of aliphatic hydroxyl groups is 1. The second-order valence-corrected chi connectivity index (χ2v) is 5.69. The zero-order chi connectivity index (χ0) is 16.0. The van der Waals surface area contributed by atoms with Crippen LogP contribution in [0.1, 0.15) is 39.2 Å². The minimum absolute atomic E-state index is 0.0731. The largest absolute Gasteiger partial charge is 0.388 e. The lowest BCUT2D eigenvalue weighted by atomic mass is 9.88. The van der Waals surface area contributed by atoms with E-state index in [1.165, 1.54) is 6.07 Å². The van der Waals surface area contributed by atoms with Gasteiger partial charge in [0.15, 0.2) is 11.6 Å². The fourth-order valence-electron chi connectivity index (χ4n) is 1.93. The van der Waals surface area contributed by atoms with Crippen molar-refractivity contribution in [1.29, 1.82) is 0 Å². The Morgan fingerprint density at radius 3 is 2.62 bits per heavy atom. The smallest absolute Gasteiger partial charge is 0.220 e. The fourth-order valence-corrected chi connectivity index (χ4v) is 1.93. The fraction of sp³-hybridized carbons (Fsp3) is 0.562. The molecule has 21 heavy (non-hydrogen) atoms. The molecule has 1 aromatic rings. The van der Waals surface area contributed by atoms with Crippen molar-refractivity contribution in [2.75, 3.05) is 6.54 Å². The SMILES string of the molecule is CCC(C)C(C)(O)CNC(=O)CCc1ccc(F)c(F)c1. The van der Waals surface area contributed by atoms with Gasteiger partial charge in [0.2, 0.25) is 5.91 Å². The Morgan fingerprint density at radius 1 is 1.38 bits per heavy atom. The van der Waals surface area contributed by atoms with Gasteiger partial charge in [0, 0.05) is 13.0 Å². The monoisotopic (exact) mass is 299 g/mol. The van der Waals surface area contributed by atoms with E-state index in [-0.39, 0.29) is 24.8 Å². The highest BCUT2D eigenvalue weighted by atomic mass is 19.2. The molecule has 0 aliphatic rings. The number of rotatable bonds is 7. The Labute approximate surface area is 124 Å². The number of hydrogen-bond acceptors (Lipinski definition) is 2. The molecule has 0 aromatic heterocycles. The summed E-state index contributed by atoms with van der Waals surface area (Å²) in [5, 5.41) is 12.9. The maximum atomic E-state index is 13.0. The van der Waals surface area contributed by atoms with Gasteiger partial charge >= 0.3 is 0 Å². The Hall–Kier alpha value is -1.49. The van der Waals surface area contributed by atoms with E-state index in [9.17, 15) is 18.7 Å². The van der Waals surface area contributed by atoms with Crippen molar-refractivity contribution in [3.63, 3.8) is 0 Å². The molecule has 0 saturated carbocycles. The summed E-state index contributed by atoms with van der Waals surface area (Å²) < 4.78 is 25.8. The first-order valence-corrected chi connectivity index (χ1v) is 7.19. The van der Waals surface area contributed by atoms with Gasteiger partial charge in [0.1, 0.15) is 0 Å². The van der Waals surface area contributed by atoms with Crippen molar-refractivity contribution in [3.8, 4) is 0 Å². The van der Waals surface area contributed by atoms with Gasteiger partial charge in [0.05, 0.1) is 5.60 Å². The highest BCUT2D eigenvalue weighted by Crippen LogP contribution is 2.18. The third-order valence-corrected chi connectivity index (χ3v) is 3.94. The molecule has 1 rings (SSSR count). The Kier molecular flexibility index (Phi) is 6.27. The third kappa shape index (κ3) is 5.42. The number of hydrogen-bond donors (Lipinski definition) is 2. The van der Waals surface area contributed by atoms with Gasteiger partial charge in [-0.3, -0.25) is 4.79 Å². The Morgan fingerprint density at radius 2 is 2.05 bits per heavy atom. The lowest BCUT2D eigenvalue weighted by Gasteiger charge is -2.29. The maximum Gasteiger partial charge on any atom is 0.220 e. The summed E-state index contributed by atoms with van der Waals surface area (Å²) in [6, 6.07) is 3.61. The van der Waals surface area contributed by atoms with E-state index in [0.717, 1.165) is 18.6 Å². The molecule has 0 saturated heterocycles. The molecule has 2 unspecified atom stereocenters. The summed E-state index contributed by atoms with van der Waals surface area (Å²) in [5.74, 6) is -1.95. The first-order valence-electron chi connectivity index (χ1n) is 7.19. The number of carbonyl (C=O) groups excluding carboxylic acids is 1. The second kappa shape index (κ2) is 7.50. The summed E-state index contributed by atoms with van der Waals surface area (Å²) in [5.41, 5.74) is -0.385. The van der Waals surface area contributed by atoms with E-state index >= 15 is 0 Å². The van der Waals surface area contributed by atoms with Gasteiger partial charge in [-0.05, 0) is 37.0 Å². The maximum absolute atomic E-state index is 13.0. The minimum atomic E-state index is -0.952. The molecule has 5 heteroatoms. The van der Waals surface area contributed by atoms with Crippen LogP contribution in [0.15, 0.2) is 18.2 Å². The van der Waals surface area contributed by atoms with Crippen LogP contribution in [0.4, 0.5) is 8.78 Å². The predicted octanol–water partition coefficient (Wildman–Crippen LogP) is 2.81. The molecule has 2 atom stereocenters. The minimum Gasteiger partial charge on any atom is -0.388 e. The van der Waals surface area contributed by atoms with Crippen molar-refractivity contribution in [2.45, 2.75) is 45.6 Å². The number of halogens is 2. The van der Waals surface area contributed by atoms with Crippen LogP contribution in [0.3, 0.4) is 0 Å². The van der Waals surface area contributed by atoms with Crippen molar-refractivity contribution in [2.24, 2.45) is 5.92 Å². The Bertz CT molecular complexity index is 489. The van der Waals surface area contributed by atoms with Crippen LogP contribution < -0.4 is 5.32 Å². The van der Waals surface area contributed by atoms with Gasteiger partial charge in [0.25, 0.3) is 0 Å². The molecule has 118 valence electrons. The van der Waals surface area contributed by atoms with E-state index in [1.807, 2.05) is 13.8 Å². The topological polar surface area (TPSA) is 49.3 Å². The molecule has 3 nitrogen and oxygen atoms in total. The van der Waals surface area contributed by atoms with E-state index < -0.39 is 17.2 Å². The molecule has 0 aliphatic heterocycles. The predicted molar refractivity (Wildman–Crippen MR) is 77.8 cm³/mol. The second-order valence-electron chi connectivity index (χ2n) is 5.69. The number of benzene rings is 1. The third-order valence-electron chi connectivity index (χ3n) is 3.94. The molecule has 0 spiro atoms. The van der Waals surface area contributed by atoms with Crippen molar-refractivity contribution >= 4 is 5.91 Å². The van der Waals surface area contributed by atoms with E-state index in [0.29, 0.717) is 12.0 Å². The van der Waals surface area contributed by atoms with E-state index in [1.54, 1.807) is 6.92 Å². The average molecular weight is 299 g/mol. The van der Waals surface area contributed by atoms with Crippen LogP contribution >= 0.6 is 0 Å². The van der Waals surface area contributed by atoms with Crippen LogP contribution in [0.25, 0.3) is 0 Å². The molecular formula is C16H23F2NO2. The number of nitrogens with one attached hydrogen (secondary N) is 1. The standard InChI is InChI=1S/C16H23F2NO2/c1-4-11(2)16(3,21)10-19-15(20)8-6-12-5-7-13(17)14(18)9-12/h5,7,9,11,21H,4,6,8,10H2,1-3H3,(H,19,20).